The Morgan fingerprint density at radius 2 is 1.27 bits per heavy atom. The van der Waals surface area contributed by atoms with E-state index in [0.29, 0.717) is 0 Å². The van der Waals surface area contributed by atoms with Crippen molar-refractivity contribution in [2.24, 2.45) is 0 Å². The van der Waals surface area contributed by atoms with Gasteiger partial charge in [0.2, 0.25) is 0 Å². The molecule has 0 spiro atoms. The molecule has 15 atom stereocenters. The minimum absolute atomic E-state index is 0.827. The first-order valence-corrected chi connectivity index (χ1v) is 10.4. The highest BCUT2D eigenvalue weighted by Gasteiger charge is 2.67. The third-order valence-electron chi connectivity index (χ3n) is 6.52. The van der Waals surface area contributed by atoms with E-state index in [1.807, 2.05) is 0 Å². The monoisotopic (exact) mass is 488 g/mol. The first-order valence-electron chi connectivity index (χ1n) is 10.4. The highest BCUT2D eigenvalue weighted by Crippen LogP contribution is 2.43. The number of rotatable bonds is 5. The molecule has 3 heterocycles. The smallest absolute Gasteiger partial charge is 0.187 e. The van der Waals surface area contributed by atoms with Crippen LogP contribution in [0.15, 0.2) is 0 Å². The molecule has 11 N–H and O–H groups in total. The van der Waals surface area contributed by atoms with E-state index in [9.17, 15) is 56.2 Å². The lowest BCUT2D eigenvalue weighted by Gasteiger charge is -2.57. The third-order valence-corrected chi connectivity index (χ3v) is 6.52. The van der Waals surface area contributed by atoms with Crippen molar-refractivity contribution < 1.29 is 75.1 Å². The summed E-state index contributed by atoms with van der Waals surface area (Å²) in [4.78, 5) is 0. The molecule has 0 amide bonds. The van der Waals surface area contributed by atoms with E-state index in [4.69, 9.17) is 18.9 Å². The molecule has 3 fully saturated rings. The summed E-state index contributed by atoms with van der Waals surface area (Å²) in [7, 11) is 0. The molecule has 15 nitrogen and oxygen atoms in total. The van der Waals surface area contributed by atoms with Gasteiger partial charge in [-0.1, -0.05) is 0 Å². The second kappa shape index (κ2) is 10.2. The van der Waals surface area contributed by atoms with Crippen molar-refractivity contribution in [1.82, 2.24) is 0 Å². The Morgan fingerprint density at radius 3 is 1.85 bits per heavy atom. The quantitative estimate of drug-likeness (QED) is 0.172. The molecule has 0 aromatic heterocycles. The Balaban J connectivity index is 2.08. The maximum atomic E-state index is 11.0. The number of ether oxygens (including phenoxy) is 4. The second-order valence-corrected chi connectivity index (χ2v) is 8.54. The second-order valence-electron chi connectivity index (χ2n) is 8.54. The molecule has 0 aromatic carbocycles. The van der Waals surface area contributed by atoms with Crippen molar-refractivity contribution in [2.75, 3.05) is 13.2 Å². The lowest BCUT2D eigenvalue weighted by atomic mass is 9.74. The Kier molecular flexibility index (Phi) is 8.32. The Bertz CT molecular complexity index is 648. The van der Waals surface area contributed by atoms with Gasteiger partial charge >= 0.3 is 0 Å². The molecule has 0 aromatic rings. The molecule has 0 saturated carbocycles. The number of aliphatic hydroxyl groups excluding tert-OH is 11. The molecule has 15 heteroatoms. The average molecular weight is 488 g/mol. The molecule has 0 radical (unpaired) electrons. The van der Waals surface area contributed by atoms with Gasteiger partial charge in [0.1, 0.15) is 67.1 Å². The van der Waals surface area contributed by atoms with E-state index in [1.165, 1.54) is 6.92 Å². The predicted molar refractivity (Wildman–Crippen MR) is 99.9 cm³/mol. The van der Waals surface area contributed by atoms with Crippen molar-refractivity contribution in [1.29, 1.82) is 0 Å². The SMILES string of the molecule is C[C@@H]1OC([C@]2(O[C@@H]3O[C@H](CO)[C@H](O)[C@H](O)[C@H]3O)[C@H](O)[C@@H](O)C(O)O[C@@H]2CO)[C@@H](O)[C@H](O)[C@@H]1O. The van der Waals surface area contributed by atoms with E-state index >= 15 is 0 Å². The fourth-order valence-electron chi connectivity index (χ4n) is 4.51. The van der Waals surface area contributed by atoms with Gasteiger partial charge in [0.25, 0.3) is 0 Å². The molecule has 0 bridgehead atoms. The van der Waals surface area contributed by atoms with Crippen molar-refractivity contribution in [3.8, 4) is 0 Å². The largest absolute Gasteiger partial charge is 0.394 e. The molecule has 0 aliphatic carbocycles. The standard InChI is InChI=1S/C18H32O15/c1-4-7(21)9(23)11(25)15(30-4)18(6(3-20)32-16(29)13(27)14(18)28)33-17-12(26)10(24)8(22)5(2-19)31-17/h4-17,19-29H,2-3H2,1H3/t4-,5+,6+,7+,8-,9+,10-,11-,12+,13+,14+,15?,16?,17-,18+/m0/s1. The van der Waals surface area contributed by atoms with Crippen LogP contribution in [0.2, 0.25) is 0 Å². The van der Waals surface area contributed by atoms with Gasteiger partial charge in [-0.2, -0.15) is 0 Å². The maximum Gasteiger partial charge on any atom is 0.187 e. The summed E-state index contributed by atoms with van der Waals surface area (Å²) in [5, 5.41) is 112. The predicted octanol–water partition coefficient (Wildman–Crippen LogP) is -7.16. The molecule has 33 heavy (non-hydrogen) atoms. The van der Waals surface area contributed by atoms with E-state index in [0.717, 1.165) is 0 Å². The van der Waals surface area contributed by atoms with Crippen molar-refractivity contribution in [3.05, 3.63) is 0 Å². The summed E-state index contributed by atoms with van der Waals surface area (Å²) in [5.41, 5.74) is -2.59. The zero-order valence-corrected chi connectivity index (χ0v) is 17.5. The molecular weight excluding hydrogens is 456 g/mol. The van der Waals surface area contributed by atoms with Crippen molar-refractivity contribution in [2.45, 2.75) is 98.4 Å². The highest BCUT2D eigenvalue weighted by molar-refractivity contribution is 5.13. The van der Waals surface area contributed by atoms with Gasteiger partial charge in [0, 0.05) is 0 Å². The summed E-state index contributed by atoms with van der Waals surface area (Å²) >= 11 is 0. The van der Waals surface area contributed by atoms with E-state index < -0.39 is 105 Å². The zero-order chi connectivity index (χ0) is 24.8. The summed E-state index contributed by atoms with van der Waals surface area (Å²) in [5.74, 6) is 0. The summed E-state index contributed by atoms with van der Waals surface area (Å²) < 4.78 is 21.7. The van der Waals surface area contributed by atoms with Crippen LogP contribution in [-0.4, -0.2) is 161 Å². The van der Waals surface area contributed by atoms with Gasteiger partial charge in [-0.05, 0) is 6.92 Å². The van der Waals surface area contributed by atoms with Crippen LogP contribution in [0.4, 0.5) is 0 Å². The number of hydrogen-bond acceptors (Lipinski definition) is 15. The molecule has 3 saturated heterocycles. The summed E-state index contributed by atoms with van der Waals surface area (Å²) in [6.07, 6.45) is -25.8. The van der Waals surface area contributed by atoms with Gasteiger partial charge < -0.3 is 75.1 Å². The summed E-state index contributed by atoms with van der Waals surface area (Å²) in [6, 6.07) is 0. The third kappa shape index (κ3) is 4.42. The molecule has 194 valence electrons. The van der Waals surface area contributed by atoms with Gasteiger partial charge in [-0.3, -0.25) is 0 Å². The molecule has 3 aliphatic rings. The van der Waals surface area contributed by atoms with Crippen LogP contribution in [0.3, 0.4) is 0 Å². The lowest BCUT2D eigenvalue weighted by molar-refractivity contribution is -0.417. The number of aliphatic hydroxyl groups is 11. The van der Waals surface area contributed by atoms with Crippen LogP contribution in [0.1, 0.15) is 6.92 Å². The van der Waals surface area contributed by atoms with Gasteiger partial charge in [-0.25, -0.2) is 0 Å². The molecule has 3 rings (SSSR count). The Hall–Kier alpha value is -0.600. The van der Waals surface area contributed by atoms with Gasteiger partial charge in [0.05, 0.1) is 19.3 Å². The van der Waals surface area contributed by atoms with E-state index in [-0.39, 0.29) is 0 Å². The van der Waals surface area contributed by atoms with Gasteiger partial charge in [-0.15, -0.1) is 0 Å². The first kappa shape index (κ1) is 27.0. The van der Waals surface area contributed by atoms with Crippen molar-refractivity contribution in [3.63, 3.8) is 0 Å². The summed E-state index contributed by atoms with van der Waals surface area (Å²) in [6.45, 7) is -0.534. The van der Waals surface area contributed by atoms with Crippen LogP contribution in [-0.2, 0) is 18.9 Å². The van der Waals surface area contributed by atoms with Gasteiger partial charge in [0.15, 0.2) is 18.2 Å². The topological polar surface area (TPSA) is 259 Å². The normalized spacial score (nSPS) is 56.0. The Morgan fingerprint density at radius 1 is 0.667 bits per heavy atom. The molecular formula is C18H32O15. The fourth-order valence-corrected chi connectivity index (χ4v) is 4.51. The maximum absolute atomic E-state index is 11.0. The fraction of sp³-hybridized carbons (Fsp3) is 1.00. The van der Waals surface area contributed by atoms with Crippen LogP contribution in [0, 0.1) is 0 Å². The van der Waals surface area contributed by atoms with Crippen LogP contribution in [0.5, 0.6) is 0 Å². The molecule has 3 aliphatic heterocycles. The van der Waals surface area contributed by atoms with Crippen molar-refractivity contribution >= 4 is 0 Å². The van der Waals surface area contributed by atoms with E-state index in [2.05, 4.69) is 0 Å². The van der Waals surface area contributed by atoms with Crippen LogP contribution in [0.25, 0.3) is 0 Å². The average Bonchev–Trinajstić information content (AvgIpc) is 2.80. The Labute approximate surface area is 187 Å². The minimum atomic E-state index is -2.59. The van der Waals surface area contributed by atoms with Crippen LogP contribution >= 0.6 is 0 Å². The first-order chi connectivity index (χ1) is 15.4. The number of hydrogen-bond donors (Lipinski definition) is 11. The highest BCUT2D eigenvalue weighted by atomic mass is 16.7. The van der Waals surface area contributed by atoms with Crippen LogP contribution < -0.4 is 0 Å². The van der Waals surface area contributed by atoms with E-state index in [1.54, 1.807) is 0 Å². The lowest BCUT2D eigenvalue weighted by Crippen LogP contribution is -2.79. The zero-order valence-electron chi connectivity index (χ0n) is 17.5. The minimum Gasteiger partial charge on any atom is -0.394 e. The molecule has 2 unspecified atom stereocenters.